The van der Waals surface area contributed by atoms with Gasteiger partial charge in [-0.1, -0.05) is 32.1 Å². The fourth-order valence-electron chi connectivity index (χ4n) is 12.9. The summed E-state index contributed by atoms with van der Waals surface area (Å²) in [5.74, 6) is -2.80. The van der Waals surface area contributed by atoms with Gasteiger partial charge in [-0.15, -0.1) is 0 Å². The minimum Gasteiger partial charge on any atom is -0.458 e. The van der Waals surface area contributed by atoms with Crippen LogP contribution in [-0.2, 0) is 21.8 Å². The van der Waals surface area contributed by atoms with Crippen molar-refractivity contribution >= 4 is 11.9 Å². The Hall–Kier alpha value is -3.38. The van der Waals surface area contributed by atoms with Crippen LogP contribution in [0.2, 0.25) is 0 Å². The van der Waals surface area contributed by atoms with Gasteiger partial charge in [0.1, 0.15) is 6.10 Å². The molecule has 12 atom stereocenters. The van der Waals surface area contributed by atoms with Crippen LogP contribution in [0, 0.1) is 39.9 Å². The first-order valence-corrected chi connectivity index (χ1v) is 16.4. The number of carbonyl (C=O) groups is 2. The summed E-state index contributed by atoms with van der Waals surface area (Å²) in [6.07, 6.45) is -7.90. The van der Waals surface area contributed by atoms with E-state index in [-0.39, 0.29) is 46.8 Å². The lowest BCUT2D eigenvalue weighted by Gasteiger charge is -2.68. The predicted molar refractivity (Wildman–Crippen MR) is 156 cm³/mol. The molecule has 254 valence electrons. The molecule has 9 aliphatic rings. The quantitative estimate of drug-likeness (QED) is 0.217. The van der Waals surface area contributed by atoms with Crippen molar-refractivity contribution in [3.8, 4) is 0 Å². The second kappa shape index (κ2) is 9.04. The van der Waals surface area contributed by atoms with Crippen LogP contribution in [0.4, 0.5) is 26.3 Å². The van der Waals surface area contributed by atoms with Crippen molar-refractivity contribution in [2.24, 2.45) is 39.9 Å². The first-order valence-electron chi connectivity index (χ1n) is 16.4. The Kier molecular flexibility index (Phi) is 5.77. The Balaban J connectivity index is 1.14. The summed E-state index contributed by atoms with van der Waals surface area (Å²) in [5.41, 5.74) is -4.84. The van der Waals surface area contributed by atoms with Crippen LogP contribution in [0.15, 0.2) is 60.7 Å². The summed E-state index contributed by atoms with van der Waals surface area (Å²) in [5, 5.41) is 12.1. The lowest BCUT2D eigenvalue weighted by molar-refractivity contribution is -0.270. The van der Waals surface area contributed by atoms with E-state index in [2.05, 4.69) is 18.4 Å². The molecule has 9 fully saturated rings. The van der Waals surface area contributed by atoms with Crippen molar-refractivity contribution in [3.63, 3.8) is 0 Å². The molecule has 2 spiro atoms. The number of hydrogen-bond donors (Lipinski definition) is 1. The van der Waals surface area contributed by atoms with E-state index < -0.39 is 70.1 Å². The zero-order valence-corrected chi connectivity index (χ0v) is 25.9. The second-order valence-corrected chi connectivity index (χ2v) is 15.6. The number of nitrogens with zero attached hydrogens (tertiary/aromatic N) is 1. The summed E-state index contributed by atoms with van der Waals surface area (Å²) in [4.78, 5) is 29.8. The Morgan fingerprint density at radius 2 is 1.56 bits per heavy atom. The zero-order chi connectivity index (χ0) is 34.0. The van der Waals surface area contributed by atoms with Crippen LogP contribution < -0.4 is 0 Å². The average Bonchev–Trinajstić information content (AvgIpc) is 3.41. The molecule has 6 saturated carbocycles. The third kappa shape index (κ3) is 3.43. The molecule has 2 unspecified atom stereocenters. The van der Waals surface area contributed by atoms with Gasteiger partial charge in [0, 0.05) is 47.6 Å². The number of esters is 2. The maximum Gasteiger partial charge on any atom is 0.416 e. The van der Waals surface area contributed by atoms with Crippen LogP contribution in [0.1, 0.15) is 70.9 Å². The van der Waals surface area contributed by atoms with Gasteiger partial charge in [0.2, 0.25) is 0 Å². The number of aliphatic hydroxyl groups is 1. The van der Waals surface area contributed by atoms with E-state index in [0.29, 0.717) is 25.0 Å². The molecule has 1 N–H and O–H groups in total. The molecular formula is C36H33F6NO5. The van der Waals surface area contributed by atoms with E-state index in [1.807, 2.05) is 0 Å². The minimum atomic E-state index is -4.65. The smallest absolute Gasteiger partial charge is 0.416 e. The number of fused-ring (bicyclic) bond motifs is 1. The van der Waals surface area contributed by atoms with Gasteiger partial charge in [-0.2, -0.15) is 26.3 Å². The molecule has 0 radical (unpaired) electrons. The number of piperidine rings is 2. The number of hydrogen-bond acceptors (Lipinski definition) is 6. The molecule has 0 amide bonds. The van der Waals surface area contributed by atoms with Crippen molar-refractivity contribution in [1.29, 1.82) is 0 Å². The number of benzene rings is 2. The topological polar surface area (TPSA) is 76.1 Å². The Morgan fingerprint density at radius 3 is 2.19 bits per heavy atom. The third-order valence-corrected chi connectivity index (χ3v) is 13.7. The minimum absolute atomic E-state index is 0.0375. The molecule has 6 aliphatic carbocycles. The van der Waals surface area contributed by atoms with Gasteiger partial charge in [-0.3, -0.25) is 4.90 Å². The van der Waals surface area contributed by atoms with Crippen molar-refractivity contribution in [3.05, 3.63) is 82.9 Å². The van der Waals surface area contributed by atoms with Gasteiger partial charge in [-0.25, -0.2) is 9.59 Å². The lowest BCUT2D eigenvalue weighted by Crippen LogP contribution is -2.72. The van der Waals surface area contributed by atoms with Gasteiger partial charge in [0.25, 0.3) is 0 Å². The number of alkyl halides is 6. The highest BCUT2D eigenvalue weighted by molar-refractivity contribution is 5.90. The number of rotatable bonds is 4. The van der Waals surface area contributed by atoms with Gasteiger partial charge in [0.05, 0.1) is 28.4 Å². The Bertz CT molecular complexity index is 1810. The molecule has 0 aromatic heterocycles. The normalized spacial score (nSPS) is 44.3. The van der Waals surface area contributed by atoms with E-state index in [0.717, 1.165) is 37.1 Å². The first-order chi connectivity index (χ1) is 22.5. The lowest BCUT2D eigenvalue weighted by atomic mass is 9.38. The second-order valence-electron chi connectivity index (χ2n) is 15.6. The monoisotopic (exact) mass is 673 g/mol. The summed E-state index contributed by atoms with van der Waals surface area (Å²) in [6, 6.07) is 8.19. The van der Waals surface area contributed by atoms with Crippen molar-refractivity contribution in [1.82, 2.24) is 4.90 Å². The van der Waals surface area contributed by atoms with Crippen LogP contribution in [-0.4, -0.2) is 52.5 Å². The third-order valence-electron chi connectivity index (χ3n) is 13.7. The van der Waals surface area contributed by atoms with Crippen molar-refractivity contribution < 1.29 is 50.5 Å². The SMILES string of the molecule is C=C1[C@H]2C[C@@H]3C4N5C[C@]6(C)CCC[C@@]47[C@@H]6[C@@]5(OC(=O)c4cccc(C(F)(F)F)c4)C[C@]3([C@@H]1O)[C@H]7[C@H]2OC(=O)c1cccc(C(F)(F)F)c1. The number of aliphatic hydroxyl groups excluding tert-OH is 1. The fourth-order valence-corrected chi connectivity index (χ4v) is 12.9. The molecule has 48 heavy (non-hydrogen) atoms. The molecule has 11 rings (SSSR count). The largest absolute Gasteiger partial charge is 0.458 e. The van der Waals surface area contributed by atoms with Gasteiger partial charge in [-0.05, 0) is 72.6 Å². The summed E-state index contributed by atoms with van der Waals surface area (Å²) < 4.78 is 94.0. The Morgan fingerprint density at radius 1 is 0.938 bits per heavy atom. The molecule has 3 aliphatic heterocycles. The van der Waals surface area contributed by atoms with Gasteiger partial charge in [0.15, 0.2) is 5.72 Å². The molecule has 9 bridgehead atoms. The van der Waals surface area contributed by atoms with E-state index in [1.54, 1.807) is 0 Å². The highest BCUT2D eigenvalue weighted by Crippen LogP contribution is 2.89. The first kappa shape index (κ1) is 30.7. The van der Waals surface area contributed by atoms with Crippen molar-refractivity contribution in [2.45, 2.75) is 75.4 Å². The molecule has 2 aromatic rings. The fraction of sp³-hybridized carbons (Fsp3) is 0.556. The molecule has 3 saturated heterocycles. The molecular weight excluding hydrogens is 640 g/mol. The average molecular weight is 674 g/mol. The van der Waals surface area contributed by atoms with Crippen LogP contribution in [0.25, 0.3) is 0 Å². The summed E-state index contributed by atoms with van der Waals surface area (Å²) in [7, 11) is 0. The highest BCUT2D eigenvalue weighted by atomic mass is 19.4. The van der Waals surface area contributed by atoms with Crippen LogP contribution in [0.3, 0.4) is 0 Å². The number of carbonyl (C=O) groups excluding carboxylic acids is 2. The molecule has 2 aromatic carbocycles. The van der Waals surface area contributed by atoms with E-state index in [1.165, 1.54) is 24.3 Å². The summed E-state index contributed by atoms with van der Waals surface area (Å²) in [6.45, 7) is 7.00. The van der Waals surface area contributed by atoms with Crippen LogP contribution in [0.5, 0.6) is 0 Å². The van der Waals surface area contributed by atoms with Crippen LogP contribution >= 0.6 is 0 Å². The maximum atomic E-state index is 13.9. The maximum absolute atomic E-state index is 13.9. The van der Waals surface area contributed by atoms with E-state index >= 15 is 0 Å². The molecule has 3 heterocycles. The standard InChI is InChI=1S/C36H33F6NO5/c1-17-22-14-23-26-32-11-5-10-31(2)16-43(26)34(30(31)32,48-29(46)19-7-4-9-21(13-19)36(40,41)42)15-33(23,27(17)44)25(32)24(22)47-28(45)18-6-3-8-20(12-18)35(37,38)39/h3-4,6-9,12-13,22-27,30,44H,1,5,10-11,14-16H2,2H3/t22-,23-,24+,25+,26?,27-,30-,31+,32+,33-,34+/m1/s1. The summed E-state index contributed by atoms with van der Waals surface area (Å²) >= 11 is 0. The van der Waals surface area contributed by atoms with E-state index in [4.69, 9.17) is 9.47 Å². The van der Waals surface area contributed by atoms with Gasteiger partial charge < -0.3 is 14.6 Å². The highest BCUT2D eigenvalue weighted by Gasteiger charge is 2.95. The number of halogens is 6. The molecule has 12 heteroatoms. The van der Waals surface area contributed by atoms with Gasteiger partial charge >= 0.3 is 24.3 Å². The van der Waals surface area contributed by atoms with E-state index in [9.17, 15) is 41.0 Å². The Labute approximate surface area is 272 Å². The zero-order valence-electron chi connectivity index (χ0n) is 25.9. The van der Waals surface area contributed by atoms with Crippen molar-refractivity contribution in [2.75, 3.05) is 6.54 Å². The number of ether oxygens (including phenoxy) is 2. The predicted octanol–water partition coefficient (Wildman–Crippen LogP) is 6.88. The molecule has 6 nitrogen and oxygen atoms in total.